The number of allylic oxidation sites excluding steroid dienone is 1. The SMILES string of the molecule is CCOC(C(=O)Nc1ccccc1Cc1ccccc1C(=O)O)c1cccc2c1CC(C)C=C2. The van der Waals surface area contributed by atoms with Gasteiger partial charge in [0.25, 0.3) is 5.91 Å². The summed E-state index contributed by atoms with van der Waals surface area (Å²) in [7, 11) is 0. The molecule has 0 fully saturated rings. The van der Waals surface area contributed by atoms with Crippen molar-refractivity contribution in [2.75, 3.05) is 11.9 Å². The summed E-state index contributed by atoms with van der Waals surface area (Å²) in [5, 5.41) is 12.6. The molecule has 5 nitrogen and oxygen atoms in total. The Labute approximate surface area is 200 Å². The highest BCUT2D eigenvalue weighted by Gasteiger charge is 2.27. The molecule has 2 N–H and O–H groups in total. The fourth-order valence-electron chi connectivity index (χ4n) is 4.48. The average Bonchev–Trinajstić information content (AvgIpc) is 2.83. The minimum atomic E-state index is -0.967. The zero-order valence-electron chi connectivity index (χ0n) is 19.5. The lowest BCUT2D eigenvalue weighted by molar-refractivity contribution is -0.127. The van der Waals surface area contributed by atoms with Crippen LogP contribution in [0, 0.1) is 5.92 Å². The van der Waals surface area contributed by atoms with Gasteiger partial charge in [-0.1, -0.05) is 73.7 Å². The second-order valence-corrected chi connectivity index (χ2v) is 8.58. The standard InChI is InChI=1S/C29H29NO4/c1-3-34-27(24-13-8-11-20-16-15-19(2)17-25(20)24)28(31)30-26-14-7-5-10-22(26)18-21-9-4-6-12-23(21)29(32)33/h4-16,19,27H,3,17-18H2,1-2H3,(H,30,31)(H,32,33). The molecule has 1 aliphatic carbocycles. The molecule has 1 amide bonds. The van der Waals surface area contributed by atoms with Crippen LogP contribution >= 0.6 is 0 Å². The summed E-state index contributed by atoms with van der Waals surface area (Å²) in [5.41, 5.74) is 5.60. The monoisotopic (exact) mass is 455 g/mol. The molecule has 0 spiro atoms. The maximum atomic E-state index is 13.5. The number of ether oxygens (including phenoxy) is 1. The third-order valence-corrected chi connectivity index (χ3v) is 6.14. The Bertz CT molecular complexity index is 1230. The number of benzene rings is 3. The van der Waals surface area contributed by atoms with Crippen LogP contribution in [0.4, 0.5) is 5.69 Å². The van der Waals surface area contributed by atoms with Crippen LogP contribution < -0.4 is 5.32 Å². The fraction of sp³-hybridized carbons (Fsp3) is 0.241. The first-order valence-corrected chi connectivity index (χ1v) is 11.6. The van der Waals surface area contributed by atoms with Gasteiger partial charge in [-0.2, -0.15) is 0 Å². The number of para-hydroxylation sites is 1. The summed E-state index contributed by atoms with van der Waals surface area (Å²) in [4.78, 5) is 25.1. The quantitative estimate of drug-likeness (QED) is 0.444. The number of hydrogen-bond acceptors (Lipinski definition) is 3. The molecular formula is C29H29NO4. The summed E-state index contributed by atoms with van der Waals surface area (Å²) in [6, 6.07) is 20.4. The molecule has 1 aliphatic rings. The topological polar surface area (TPSA) is 75.6 Å². The van der Waals surface area contributed by atoms with E-state index in [0.29, 0.717) is 30.2 Å². The van der Waals surface area contributed by atoms with Crippen molar-refractivity contribution in [2.45, 2.75) is 32.8 Å². The molecule has 0 bridgehead atoms. The van der Waals surface area contributed by atoms with Crippen LogP contribution in [0.5, 0.6) is 0 Å². The molecule has 0 saturated heterocycles. The second-order valence-electron chi connectivity index (χ2n) is 8.58. The third kappa shape index (κ3) is 5.10. The summed E-state index contributed by atoms with van der Waals surface area (Å²) in [6.45, 7) is 4.45. The Kier molecular flexibility index (Phi) is 7.24. The molecule has 2 unspecified atom stereocenters. The molecular weight excluding hydrogens is 426 g/mol. The Balaban J connectivity index is 1.63. The molecule has 0 saturated carbocycles. The van der Waals surface area contributed by atoms with E-state index in [0.717, 1.165) is 28.7 Å². The van der Waals surface area contributed by atoms with Crippen molar-refractivity contribution in [1.29, 1.82) is 0 Å². The maximum Gasteiger partial charge on any atom is 0.335 e. The summed E-state index contributed by atoms with van der Waals surface area (Å²) in [6.07, 6.45) is 4.82. The maximum absolute atomic E-state index is 13.5. The van der Waals surface area contributed by atoms with E-state index in [2.05, 4.69) is 30.5 Å². The van der Waals surface area contributed by atoms with Gasteiger partial charge in [0.05, 0.1) is 5.56 Å². The highest BCUT2D eigenvalue weighted by molar-refractivity contribution is 5.96. The number of anilines is 1. The van der Waals surface area contributed by atoms with E-state index in [9.17, 15) is 14.7 Å². The van der Waals surface area contributed by atoms with Gasteiger partial charge >= 0.3 is 5.97 Å². The summed E-state index contributed by atoms with van der Waals surface area (Å²) >= 11 is 0. The first kappa shape index (κ1) is 23.5. The van der Waals surface area contributed by atoms with Gasteiger partial charge in [-0.05, 0) is 59.2 Å². The van der Waals surface area contributed by atoms with Crippen LogP contribution in [0.25, 0.3) is 6.08 Å². The zero-order chi connectivity index (χ0) is 24.1. The van der Waals surface area contributed by atoms with Crippen molar-refractivity contribution >= 4 is 23.6 Å². The van der Waals surface area contributed by atoms with E-state index in [1.54, 1.807) is 18.2 Å². The molecule has 174 valence electrons. The molecule has 0 aliphatic heterocycles. The van der Waals surface area contributed by atoms with Crippen LogP contribution in [-0.4, -0.2) is 23.6 Å². The molecule has 2 atom stereocenters. The smallest absolute Gasteiger partial charge is 0.335 e. The van der Waals surface area contributed by atoms with E-state index in [-0.39, 0.29) is 11.5 Å². The Morgan fingerprint density at radius 2 is 1.76 bits per heavy atom. The molecule has 0 heterocycles. The predicted molar refractivity (Wildman–Crippen MR) is 134 cm³/mol. The number of carboxylic acids is 1. The van der Waals surface area contributed by atoms with Gasteiger partial charge in [0, 0.05) is 18.7 Å². The minimum absolute atomic E-state index is 0.239. The molecule has 4 rings (SSSR count). The fourth-order valence-corrected chi connectivity index (χ4v) is 4.48. The first-order valence-electron chi connectivity index (χ1n) is 11.6. The highest BCUT2D eigenvalue weighted by Crippen LogP contribution is 2.32. The predicted octanol–water partition coefficient (Wildman–Crippen LogP) is 5.90. The number of amides is 1. The Morgan fingerprint density at radius 1 is 1.03 bits per heavy atom. The van der Waals surface area contributed by atoms with Crippen LogP contribution in [0.3, 0.4) is 0 Å². The zero-order valence-corrected chi connectivity index (χ0v) is 19.5. The number of carbonyl (C=O) groups is 2. The van der Waals surface area contributed by atoms with Crippen molar-refractivity contribution in [3.63, 3.8) is 0 Å². The molecule has 34 heavy (non-hydrogen) atoms. The van der Waals surface area contributed by atoms with Crippen LogP contribution in [0.1, 0.15) is 58.1 Å². The number of carbonyl (C=O) groups excluding carboxylic acids is 1. The minimum Gasteiger partial charge on any atom is -0.478 e. The number of hydrogen-bond donors (Lipinski definition) is 2. The summed E-state index contributed by atoms with van der Waals surface area (Å²) < 4.78 is 5.96. The van der Waals surface area contributed by atoms with Crippen LogP contribution in [-0.2, 0) is 22.4 Å². The number of carboxylic acid groups (broad SMARTS) is 1. The van der Waals surface area contributed by atoms with Crippen LogP contribution in [0.2, 0.25) is 0 Å². The molecule has 5 heteroatoms. The highest BCUT2D eigenvalue weighted by atomic mass is 16.5. The average molecular weight is 456 g/mol. The number of nitrogens with one attached hydrogen (secondary N) is 1. The van der Waals surface area contributed by atoms with Gasteiger partial charge in [-0.15, -0.1) is 0 Å². The molecule has 3 aromatic rings. The van der Waals surface area contributed by atoms with E-state index >= 15 is 0 Å². The van der Waals surface area contributed by atoms with Crippen molar-refractivity contribution < 1.29 is 19.4 Å². The lowest BCUT2D eigenvalue weighted by Crippen LogP contribution is -2.26. The second kappa shape index (κ2) is 10.5. The lowest BCUT2D eigenvalue weighted by Gasteiger charge is -2.25. The normalized spacial score (nSPS) is 15.4. The van der Waals surface area contributed by atoms with E-state index in [4.69, 9.17) is 4.74 Å². The van der Waals surface area contributed by atoms with Gasteiger partial charge in [-0.25, -0.2) is 4.79 Å². The first-order chi connectivity index (χ1) is 16.5. The van der Waals surface area contributed by atoms with Crippen molar-refractivity contribution in [3.8, 4) is 0 Å². The largest absolute Gasteiger partial charge is 0.478 e. The van der Waals surface area contributed by atoms with Crippen molar-refractivity contribution in [2.24, 2.45) is 5.92 Å². The van der Waals surface area contributed by atoms with Crippen molar-refractivity contribution in [3.05, 3.63) is 106 Å². The van der Waals surface area contributed by atoms with Gasteiger partial charge in [0.1, 0.15) is 0 Å². The molecule has 3 aromatic carbocycles. The number of rotatable bonds is 8. The number of fused-ring (bicyclic) bond motifs is 1. The van der Waals surface area contributed by atoms with E-state index < -0.39 is 12.1 Å². The molecule has 0 radical (unpaired) electrons. The molecule has 0 aromatic heterocycles. The van der Waals surface area contributed by atoms with Gasteiger partial charge in [0.2, 0.25) is 0 Å². The Morgan fingerprint density at radius 3 is 2.53 bits per heavy atom. The van der Waals surface area contributed by atoms with Crippen LogP contribution in [0.15, 0.2) is 72.8 Å². The Hall–Kier alpha value is -3.70. The summed E-state index contributed by atoms with van der Waals surface area (Å²) in [5.74, 6) is -0.809. The lowest BCUT2D eigenvalue weighted by atomic mass is 9.85. The third-order valence-electron chi connectivity index (χ3n) is 6.14. The van der Waals surface area contributed by atoms with E-state index in [1.807, 2.05) is 49.4 Å². The van der Waals surface area contributed by atoms with Gasteiger partial charge < -0.3 is 15.2 Å². The van der Waals surface area contributed by atoms with Gasteiger partial charge in [0.15, 0.2) is 6.10 Å². The van der Waals surface area contributed by atoms with Gasteiger partial charge in [-0.3, -0.25) is 4.79 Å². The van der Waals surface area contributed by atoms with E-state index in [1.165, 1.54) is 0 Å². The number of aromatic carboxylic acids is 1. The van der Waals surface area contributed by atoms with Crippen molar-refractivity contribution in [1.82, 2.24) is 0 Å².